The first-order chi connectivity index (χ1) is 17.8. The second-order valence-electron chi connectivity index (χ2n) is 10.6. The number of anilines is 1. The minimum absolute atomic E-state index is 0.00370. The Hall–Kier alpha value is -4.40. The van der Waals surface area contributed by atoms with Gasteiger partial charge < -0.3 is 9.47 Å². The van der Waals surface area contributed by atoms with Crippen molar-refractivity contribution in [2.75, 3.05) is 4.90 Å². The Morgan fingerprint density at radius 2 is 1.36 bits per heavy atom. The second-order valence-corrected chi connectivity index (χ2v) is 10.6. The molecule has 0 saturated heterocycles. The van der Waals surface area contributed by atoms with Crippen LogP contribution >= 0.6 is 0 Å². The lowest BCUT2D eigenvalue weighted by molar-refractivity contribution is -0.136. The molecule has 3 rings (SSSR count). The highest BCUT2D eigenvalue weighted by Crippen LogP contribution is 2.43. The van der Waals surface area contributed by atoms with Gasteiger partial charge in [0, 0.05) is 0 Å². The van der Waals surface area contributed by atoms with Crippen molar-refractivity contribution in [3.05, 3.63) is 70.1 Å². The normalized spacial score (nSPS) is 13.6. The number of carbonyl (C=O) groups excluding carboxylic acids is 4. The van der Waals surface area contributed by atoms with Crippen LogP contribution in [0.5, 0.6) is 0 Å². The first-order valence-electron chi connectivity index (χ1n) is 11.7. The van der Waals surface area contributed by atoms with E-state index in [2.05, 4.69) is 4.85 Å². The molecule has 0 saturated carbocycles. The van der Waals surface area contributed by atoms with Crippen molar-refractivity contribution < 1.29 is 41.8 Å². The van der Waals surface area contributed by atoms with E-state index in [1.807, 2.05) is 0 Å². The predicted octanol–water partition coefficient (Wildman–Crippen LogP) is 6.73. The van der Waals surface area contributed by atoms with Crippen LogP contribution in [0.4, 0.5) is 34.1 Å². The molecule has 0 fully saturated rings. The number of hydrogen-bond acceptors (Lipinski definition) is 6. The number of imide groups is 2. The molecule has 0 aliphatic carbocycles. The van der Waals surface area contributed by atoms with Crippen molar-refractivity contribution in [3.63, 3.8) is 0 Å². The summed E-state index contributed by atoms with van der Waals surface area (Å²) in [7, 11) is 0. The number of hydrogen-bond donors (Lipinski definition) is 0. The Kier molecular flexibility index (Phi) is 7.52. The number of halogens is 3. The minimum atomic E-state index is -5.08. The fourth-order valence-corrected chi connectivity index (χ4v) is 3.71. The molecule has 4 amide bonds. The number of amides is 4. The summed E-state index contributed by atoms with van der Waals surface area (Å²) in [6.07, 6.45) is -7.54. The lowest BCUT2D eigenvalue weighted by atomic mass is 10.0. The van der Waals surface area contributed by atoms with Gasteiger partial charge in [0.1, 0.15) is 11.2 Å². The third kappa shape index (κ3) is 6.37. The Balaban J connectivity index is 2.19. The van der Waals surface area contributed by atoms with Gasteiger partial charge >= 0.3 is 18.4 Å². The van der Waals surface area contributed by atoms with E-state index < -0.39 is 70.4 Å². The monoisotopic (exact) mass is 545 g/mol. The van der Waals surface area contributed by atoms with E-state index in [1.165, 1.54) is 65.8 Å². The summed E-state index contributed by atoms with van der Waals surface area (Å²) in [6, 6.07) is 7.24. The molecule has 1 aliphatic heterocycles. The molecule has 0 unspecified atom stereocenters. The predicted molar refractivity (Wildman–Crippen MR) is 133 cm³/mol. The van der Waals surface area contributed by atoms with Crippen LogP contribution in [-0.4, -0.2) is 40.1 Å². The van der Waals surface area contributed by atoms with E-state index in [1.54, 1.807) is 0 Å². The van der Waals surface area contributed by atoms with Crippen molar-refractivity contribution in [1.82, 2.24) is 4.90 Å². The van der Waals surface area contributed by atoms with Crippen molar-refractivity contribution >= 4 is 35.4 Å². The number of fused-ring (bicyclic) bond motifs is 1. The molecule has 0 radical (unpaired) electrons. The first-order valence-corrected chi connectivity index (χ1v) is 11.7. The number of carbonyl (C=O) groups is 4. The van der Waals surface area contributed by atoms with E-state index in [0.29, 0.717) is 15.9 Å². The topological polar surface area (TPSA) is 97.6 Å². The average molecular weight is 546 g/mol. The molecule has 0 aromatic heterocycles. The summed E-state index contributed by atoms with van der Waals surface area (Å²) >= 11 is 0. The molecule has 0 atom stereocenters. The maximum absolute atomic E-state index is 14.1. The second kappa shape index (κ2) is 10.1. The molecule has 0 N–H and O–H groups in total. The Labute approximate surface area is 222 Å². The third-order valence-electron chi connectivity index (χ3n) is 5.20. The van der Waals surface area contributed by atoms with Crippen molar-refractivity contribution in [2.45, 2.75) is 65.5 Å². The van der Waals surface area contributed by atoms with Crippen LogP contribution in [0.1, 0.15) is 73.4 Å². The van der Waals surface area contributed by atoms with Gasteiger partial charge in [-0.3, -0.25) is 9.59 Å². The highest BCUT2D eigenvalue weighted by Gasteiger charge is 2.41. The maximum Gasteiger partial charge on any atom is 0.420 e. The third-order valence-corrected chi connectivity index (χ3v) is 5.20. The largest absolute Gasteiger partial charge is 0.443 e. The van der Waals surface area contributed by atoms with E-state index in [-0.39, 0.29) is 11.1 Å². The molecule has 2 aromatic carbocycles. The minimum Gasteiger partial charge on any atom is -0.443 e. The smallest absolute Gasteiger partial charge is 0.420 e. The zero-order valence-corrected chi connectivity index (χ0v) is 22.1. The van der Waals surface area contributed by atoms with Gasteiger partial charge in [0.2, 0.25) is 5.69 Å². The van der Waals surface area contributed by atoms with Crippen LogP contribution in [-0.2, 0) is 22.2 Å². The average Bonchev–Trinajstić information content (AvgIpc) is 3.04. The van der Waals surface area contributed by atoms with Crippen LogP contribution < -0.4 is 4.90 Å². The van der Waals surface area contributed by atoms with Gasteiger partial charge in [-0.2, -0.15) is 13.2 Å². The van der Waals surface area contributed by atoms with Crippen molar-refractivity contribution in [1.29, 1.82) is 0 Å². The Morgan fingerprint density at radius 1 is 0.897 bits per heavy atom. The van der Waals surface area contributed by atoms with E-state index in [9.17, 15) is 32.3 Å². The molecule has 9 nitrogen and oxygen atoms in total. The molecule has 0 bridgehead atoms. The van der Waals surface area contributed by atoms with Gasteiger partial charge in [-0.25, -0.2) is 24.2 Å². The summed E-state index contributed by atoms with van der Waals surface area (Å²) < 4.78 is 52.8. The fourth-order valence-electron chi connectivity index (χ4n) is 3.71. The molecule has 0 spiro atoms. The van der Waals surface area contributed by atoms with E-state index >= 15 is 0 Å². The standard InChI is InChI=1S/C27H26F3N3O6/c1-25(2,3)38-23(36)32(24(37)39-26(4,5)6)14-15-12-16(13-19(20(15)31-7)27(28,29)30)33-21(34)17-10-8-9-11-18(17)22(33)35/h8-13H,14H2,1-6H3. The number of rotatable bonds is 3. The van der Waals surface area contributed by atoms with E-state index in [4.69, 9.17) is 16.0 Å². The van der Waals surface area contributed by atoms with Gasteiger partial charge in [0.05, 0.1) is 35.5 Å². The lowest BCUT2D eigenvalue weighted by Crippen LogP contribution is -2.43. The molecule has 39 heavy (non-hydrogen) atoms. The number of nitrogens with zero attached hydrogens (tertiary/aromatic N) is 3. The number of benzene rings is 2. The highest BCUT2D eigenvalue weighted by atomic mass is 19.4. The molecule has 2 aromatic rings. The van der Waals surface area contributed by atoms with Crippen LogP contribution in [0.15, 0.2) is 36.4 Å². The van der Waals surface area contributed by atoms with Crippen LogP contribution in [0.25, 0.3) is 4.85 Å². The van der Waals surface area contributed by atoms with Gasteiger partial charge in [-0.05, 0) is 71.4 Å². The van der Waals surface area contributed by atoms with Crippen molar-refractivity contribution in [2.24, 2.45) is 0 Å². The van der Waals surface area contributed by atoms with Crippen LogP contribution in [0, 0.1) is 6.57 Å². The number of alkyl halides is 3. The molecule has 12 heteroatoms. The van der Waals surface area contributed by atoms with Gasteiger partial charge in [0.15, 0.2) is 0 Å². The summed E-state index contributed by atoms with van der Waals surface area (Å²) in [5, 5.41) is 0. The summed E-state index contributed by atoms with van der Waals surface area (Å²) in [5.41, 5.74) is -5.48. The molecular weight excluding hydrogens is 519 g/mol. The first kappa shape index (κ1) is 29.2. The van der Waals surface area contributed by atoms with Gasteiger partial charge in [-0.15, -0.1) is 0 Å². The molecule has 1 aliphatic rings. The van der Waals surface area contributed by atoms with Crippen LogP contribution in [0.2, 0.25) is 0 Å². The quantitative estimate of drug-likeness (QED) is 0.313. The summed E-state index contributed by atoms with van der Waals surface area (Å²) in [4.78, 5) is 55.9. The lowest BCUT2D eigenvalue weighted by Gasteiger charge is -2.29. The van der Waals surface area contributed by atoms with E-state index in [0.717, 1.165) is 6.07 Å². The molecule has 206 valence electrons. The van der Waals surface area contributed by atoms with Gasteiger partial charge in [0.25, 0.3) is 11.8 Å². The zero-order valence-electron chi connectivity index (χ0n) is 22.1. The van der Waals surface area contributed by atoms with Crippen molar-refractivity contribution in [3.8, 4) is 0 Å². The Bertz CT molecular complexity index is 1330. The number of ether oxygens (including phenoxy) is 2. The van der Waals surface area contributed by atoms with Crippen LogP contribution in [0.3, 0.4) is 0 Å². The Morgan fingerprint density at radius 3 is 1.74 bits per heavy atom. The zero-order chi connectivity index (χ0) is 29.5. The highest BCUT2D eigenvalue weighted by molar-refractivity contribution is 6.34. The SMILES string of the molecule is [C-]#[N+]c1c(CN(C(=O)OC(C)(C)C)C(=O)OC(C)(C)C)cc(N2C(=O)c3ccccc3C2=O)cc1C(F)(F)F. The van der Waals surface area contributed by atoms with Gasteiger partial charge in [-0.1, -0.05) is 12.1 Å². The molecular formula is C27H26F3N3O6. The maximum atomic E-state index is 14.1. The molecule has 1 heterocycles. The summed E-state index contributed by atoms with van der Waals surface area (Å²) in [6.45, 7) is 15.7. The summed E-state index contributed by atoms with van der Waals surface area (Å²) in [5.74, 6) is -1.72. The fraction of sp³-hybridized carbons (Fsp3) is 0.370.